The molecular formula is C12H13N5O2. The molecule has 1 unspecified atom stereocenters. The second-order valence-corrected chi connectivity index (χ2v) is 4.28. The molecule has 3 rings (SSSR count). The van der Waals surface area contributed by atoms with Crippen LogP contribution in [0.1, 0.15) is 35.1 Å². The average Bonchev–Trinajstić information content (AvgIpc) is 3.10. The number of carbonyl (C=O) groups excluding carboxylic acids is 1. The summed E-state index contributed by atoms with van der Waals surface area (Å²) >= 11 is 0. The fraction of sp³-hybridized carbons (Fsp3) is 0.333. The lowest BCUT2D eigenvalue weighted by Crippen LogP contribution is -2.13. The van der Waals surface area contributed by atoms with Gasteiger partial charge in [-0.3, -0.25) is 15.1 Å². The minimum absolute atomic E-state index is 0.0964. The first-order valence-electron chi connectivity index (χ1n) is 6.11. The summed E-state index contributed by atoms with van der Waals surface area (Å²) in [7, 11) is 0. The minimum Gasteiger partial charge on any atom is -0.406 e. The average molecular weight is 259 g/mol. The molecule has 98 valence electrons. The third-order valence-corrected chi connectivity index (χ3v) is 2.96. The van der Waals surface area contributed by atoms with Gasteiger partial charge in [-0.2, -0.15) is 0 Å². The molecule has 0 spiro atoms. The van der Waals surface area contributed by atoms with Crippen LogP contribution in [0.25, 0.3) is 0 Å². The van der Waals surface area contributed by atoms with E-state index >= 15 is 0 Å². The van der Waals surface area contributed by atoms with E-state index in [9.17, 15) is 4.79 Å². The van der Waals surface area contributed by atoms with Gasteiger partial charge in [-0.25, -0.2) is 0 Å². The van der Waals surface area contributed by atoms with Crippen molar-refractivity contribution in [3.63, 3.8) is 0 Å². The molecular weight excluding hydrogens is 246 g/mol. The standard InChI is InChI=1S/C12H13N5O2/c18-10(8-3-6-13-7-4-8)15-12-17-16-11(19-12)9-2-1-5-14-9/h3-4,6-7,9,14H,1-2,5H2,(H,15,17,18). The van der Waals surface area contributed by atoms with Gasteiger partial charge in [0.15, 0.2) is 0 Å². The molecule has 2 aromatic rings. The lowest BCUT2D eigenvalue weighted by molar-refractivity contribution is 0.102. The Balaban J connectivity index is 1.68. The van der Waals surface area contributed by atoms with E-state index in [4.69, 9.17) is 4.42 Å². The zero-order valence-electron chi connectivity index (χ0n) is 10.2. The van der Waals surface area contributed by atoms with Crippen LogP contribution in [0.3, 0.4) is 0 Å². The van der Waals surface area contributed by atoms with E-state index in [1.165, 1.54) is 0 Å². The van der Waals surface area contributed by atoms with Crippen LogP contribution >= 0.6 is 0 Å². The fourth-order valence-electron chi connectivity index (χ4n) is 1.99. The summed E-state index contributed by atoms with van der Waals surface area (Å²) in [6.45, 7) is 0.950. The van der Waals surface area contributed by atoms with E-state index in [1.54, 1.807) is 24.5 Å². The maximum atomic E-state index is 11.9. The molecule has 2 aromatic heterocycles. The Bertz CT molecular complexity index is 563. The number of hydrogen-bond donors (Lipinski definition) is 2. The van der Waals surface area contributed by atoms with E-state index in [2.05, 4.69) is 25.8 Å². The summed E-state index contributed by atoms with van der Waals surface area (Å²) < 4.78 is 5.43. The number of anilines is 1. The number of rotatable bonds is 3. The first kappa shape index (κ1) is 11.8. The normalized spacial score (nSPS) is 18.4. The summed E-state index contributed by atoms with van der Waals surface area (Å²) in [5, 5.41) is 13.6. The highest BCUT2D eigenvalue weighted by atomic mass is 16.4. The van der Waals surface area contributed by atoms with E-state index in [0.29, 0.717) is 11.5 Å². The number of aromatic nitrogens is 3. The van der Waals surface area contributed by atoms with Crippen LogP contribution < -0.4 is 10.6 Å². The highest BCUT2D eigenvalue weighted by Crippen LogP contribution is 2.22. The lowest BCUT2D eigenvalue weighted by atomic mass is 10.2. The van der Waals surface area contributed by atoms with Crippen molar-refractivity contribution in [2.24, 2.45) is 0 Å². The highest BCUT2D eigenvalue weighted by molar-refractivity contribution is 6.02. The predicted octanol–water partition coefficient (Wildman–Crippen LogP) is 1.14. The smallest absolute Gasteiger partial charge is 0.322 e. The third kappa shape index (κ3) is 2.60. The Labute approximate surface area is 109 Å². The third-order valence-electron chi connectivity index (χ3n) is 2.96. The molecule has 0 aliphatic carbocycles. The van der Waals surface area contributed by atoms with E-state index in [0.717, 1.165) is 19.4 Å². The Kier molecular flexibility index (Phi) is 3.20. The van der Waals surface area contributed by atoms with Gasteiger partial charge in [0.2, 0.25) is 5.89 Å². The van der Waals surface area contributed by atoms with Gasteiger partial charge in [0.1, 0.15) is 0 Å². The Morgan fingerprint density at radius 1 is 1.37 bits per heavy atom. The van der Waals surface area contributed by atoms with Gasteiger partial charge in [0.05, 0.1) is 6.04 Å². The molecule has 3 heterocycles. The SMILES string of the molecule is O=C(Nc1nnc(C2CCCN2)o1)c1ccncc1. The molecule has 1 aliphatic rings. The second-order valence-electron chi connectivity index (χ2n) is 4.28. The fourth-order valence-corrected chi connectivity index (χ4v) is 1.99. The maximum Gasteiger partial charge on any atom is 0.322 e. The number of amides is 1. The minimum atomic E-state index is -0.294. The number of nitrogens with one attached hydrogen (secondary N) is 2. The van der Waals surface area contributed by atoms with Gasteiger partial charge < -0.3 is 9.73 Å². The quantitative estimate of drug-likeness (QED) is 0.858. The first-order valence-corrected chi connectivity index (χ1v) is 6.11. The van der Waals surface area contributed by atoms with Crippen molar-refractivity contribution >= 4 is 11.9 Å². The van der Waals surface area contributed by atoms with Crippen molar-refractivity contribution in [2.75, 3.05) is 11.9 Å². The summed E-state index contributed by atoms with van der Waals surface area (Å²) in [5.41, 5.74) is 0.494. The van der Waals surface area contributed by atoms with Crippen molar-refractivity contribution in [2.45, 2.75) is 18.9 Å². The molecule has 0 aromatic carbocycles. The van der Waals surface area contributed by atoms with Crippen LogP contribution in [0, 0.1) is 0 Å². The topological polar surface area (TPSA) is 92.9 Å². The summed E-state index contributed by atoms with van der Waals surface area (Å²) in [6.07, 6.45) is 5.17. The molecule has 0 bridgehead atoms. The van der Waals surface area contributed by atoms with Gasteiger partial charge in [0, 0.05) is 18.0 Å². The second kappa shape index (κ2) is 5.15. The summed E-state index contributed by atoms with van der Waals surface area (Å²) in [6, 6.07) is 3.45. The number of hydrogen-bond acceptors (Lipinski definition) is 6. The van der Waals surface area contributed by atoms with Gasteiger partial charge in [-0.05, 0) is 31.5 Å². The molecule has 2 N–H and O–H groups in total. The number of carbonyl (C=O) groups is 1. The highest BCUT2D eigenvalue weighted by Gasteiger charge is 2.22. The van der Waals surface area contributed by atoms with Gasteiger partial charge in [0.25, 0.3) is 5.91 Å². The van der Waals surface area contributed by atoms with Crippen LogP contribution in [-0.2, 0) is 0 Å². The zero-order chi connectivity index (χ0) is 13.1. The van der Waals surface area contributed by atoms with Gasteiger partial charge in [-0.1, -0.05) is 5.10 Å². The zero-order valence-corrected chi connectivity index (χ0v) is 10.2. The Hall–Kier alpha value is -2.28. The largest absolute Gasteiger partial charge is 0.406 e. The van der Waals surface area contributed by atoms with Crippen LogP contribution in [0.5, 0.6) is 0 Å². The molecule has 0 radical (unpaired) electrons. The molecule has 1 aliphatic heterocycles. The molecule has 1 saturated heterocycles. The Morgan fingerprint density at radius 2 is 2.21 bits per heavy atom. The predicted molar refractivity (Wildman–Crippen MR) is 66.5 cm³/mol. The van der Waals surface area contributed by atoms with Gasteiger partial charge in [-0.15, -0.1) is 5.10 Å². The monoisotopic (exact) mass is 259 g/mol. The number of nitrogens with zero attached hydrogens (tertiary/aromatic N) is 3. The van der Waals surface area contributed by atoms with Crippen molar-refractivity contribution < 1.29 is 9.21 Å². The maximum absolute atomic E-state index is 11.9. The Morgan fingerprint density at radius 3 is 2.95 bits per heavy atom. The molecule has 0 saturated carbocycles. The molecule has 19 heavy (non-hydrogen) atoms. The van der Waals surface area contributed by atoms with Crippen molar-refractivity contribution in [3.8, 4) is 0 Å². The van der Waals surface area contributed by atoms with Crippen LogP contribution in [0.4, 0.5) is 6.01 Å². The van der Waals surface area contributed by atoms with Crippen LogP contribution in [0.2, 0.25) is 0 Å². The van der Waals surface area contributed by atoms with E-state index in [-0.39, 0.29) is 18.0 Å². The molecule has 1 fully saturated rings. The molecule has 1 atom stereocenters. The molecule has 7 nitrogen and oxygen atoms in total. The summed E-state index contributed by atoms with van der Waals surface area (Å²) in [5.74, 6) is 0.222. The first-order chi connectivity index (χ1) is 9.33. The van der Waals surface area contributed by atoms with Crippen LogP contribution in [0.15, 0.2) is 28.9 Å². The lowest BCUT2D eigenvalue weighted by Gasteiger charge is -2.02. The van der Waals surface area contributed by atoms with Crippen molar-refractivity contribution in [1.82, 2.24) is 20.5 Å². The molecule has 7 heteroatoms. The van der Waals surface area contributed by atoms with Gasteiger partial charge >= 0.3 is 6.01 Å². The van der Waals surface area contributed by atoms with Crippen LogP contribution in [-0.4, -0.2) is 27.6 Å². The van der Waals surface area contributed by atoms with E-state index < -0.39 is 0 Å². The van der Waals surface area contributed by atoms with Crippen molar-refractivity contribution in [3.05, 3.63) is 36.0 Å². The van der Waals surface area contributed by atoms with Crippen molar-refractivity contribution in [1.29, 1.82) is 0 Å². The molecule has 1 amide bonds. The number of pyridine rings is 1. The van der Waals surface area contributed by atoms with E-state index in [1.807, 2.05) is 0 Å². The summed E-state index contributed by atoms with van der Waals surface area (Å²) in [4.78, 5) is 15.7.